The molecule has 1 aliphatic heterocycles. The molecule has 2 aromatic rings. The molecule has 1 unspecified atom stereocenters. The maximum absolute atomic E-state index is 8.91. The number of hydrogen-bond donors (Lipinski definition) is 0. The molecule has 0 N–H and O–H groups in total. The molecule has 2 aliphatic rings. The van der Waals surface area contributed by atoms with Gasteiger partial charge in [-0.3, -0.25) is 9.58 Å². The van der Waals surface area contributed by atoms with Crippen LogP contribution < -0.4 is 0 Å². The molecule has 6 nitrogen and oxygen atoms in total. The van der Waals surface area contributed by atoms with Crippen molar-refractivity contribution >= 4 is 0 Å². The molecule has 0 aromatic carbocycles. The van der Waals surface area contributed by atoms with Crippen LogP contribution in [0.25, 0.3) is 0 Å². The van der Waals surface area contributed by atoms with Crippen molar-refractivity contribution in [1.82, 2.24) is 24.6 Å². The molecule has 0 amide bonds. The van der Waals surface area contributed by atoms with Crippen LogP contribution in [0.3, 0.4) is 0 Å². The SMILES string of the molecule is N#Cc1cnn(C2CCN(Cc3ccnc(C4CCC4)n3)C2)c1. The minimum Gasteiger partial charge on any atom is -0.295 e. The third-order valence-electron chi connectivity index (χ3n) is 4.94. The van der Waals surface area contributed by atoms with Crippen LogP contribution in [-0.4, -0.2) is 37.7 Å². The third kappa shape index (κ3) is 2.97. The Labute approximate surface area is 135 Å². The van der Waals surface area contributed by atoms with E-state index in [-0.39, 0.29) is 0 Å². The summed E-state index contributed by atoms with van der Waals surface area (Å²) in [6, 6.07) is 4.51. The molecule has 6 heteroatoms. The van der Waals surface area contributed by atoms with Crippen LogP contribution in [0.15, 0.2) is 24.7 Å². The van der Waals surface area contributed by atoms with Gasteiger partial charge in [-0.1, -0.05) is 6.42 Å². The van der Waals surface area contributed by atoms with Crippen molar-refractivity contribution in [2.45, 2.75) is 44.2 Å². The van der Waals surface area contributed by atoms with Crippen LogP contribution in [0.1, 0.15) is 54.7 Å². The maximum atomic E-state index is 8.91. The number of likely N-dealkylation sites (tertiary alicyclic amines) is 1. The highest BCUT2D eigenvalue weighted by Crippen LogP contribution is 2.34. The molecule has 1 atom stereocenters. The number of nitriles is 1. The van der Waals surface area contributed by atoms with E-state index in [4.69, 9.17) is 10.2 Å². The summed E-state index contributed by atoms with van der Waals surface area (Å²) in [6.45, 7) is 2.86. The van der Waals surface area contributed by atoms with Crippen LogP contribution >= 0.6 is 0 Å². The molecule has 1 saturated heterocycles. The van der Waals surface area contributed by atoms with Crippen LogP contribution in [0.2, 0.25) is 0 Å². The maximum Gasteiger partial charge on any atom is 0.131 e. The summed E-state index contributed by atoms with van der Waals surface area (Å²) >= 11 is 0. The Morgan fingerprint density at radius 3 is 2.96 bits per heavy atom. The van der Waals surface area contributed by atoms with Gasteiger partial charge in [-0.15, -0.1) is 0 Å². The van der Waals surface area contributed by atoms with Crippen molar-refractivity contribution in [3.8, 4) is 6.07 Å². The largest absolute Gasteiger partial charge is 0.295 e. The van der Waals surface area contributed by atoms with E-state index < -0.39 is 0 Å². The lowest BCUT2D eigenvalue weighted by atomic mass is 9.85. The Balaban J connectivity index is 1.39. The van der Waals surface area contributed by atoms with Gasteiger partial charge in [-0.2, -0.15) is 10.4 Å². The molecule has 4 rings (SSSR count). The van der Waals surface area contributed by atoms with E-state index in [2.05, 4.69) is 21.1 Å². The Morgan fingerprint density at radius 2 is 2.22 bits per heavy atom. The van der Waals surface area contributed by atoms with E-state index in [0.29, 0.717) is 17.5 Å². The first kappa shape index (κ1) is 14.3. The average molecular weight is 308 g/mol. The van der Waals surface area contributed by atoms with Crippen molar-refractivity contribution in [3.63, 3.8) is 0 Å². The van der Waals surface area contributed by atoms with Gasteiger partial charge in [0.2, 0.25) is 0 Å². The smallest absolute Gasteiger partial charge is 0.131 e. The first-order valence-electron chi connectivity index (χ1n) is 8.30. The summed E-state index contributed by atoms with van der Waals surface area (Å²) in [5.74, 6) is 1.60. The molecule has 2 fully saturated rings. The fourth-order valence-corrected chi connectivity index (χ4v) is 3.36. The lowest BCUT2D eigenvalue weighted by molar-refractivity contribution is 0.306. The fourth-order valence-electron chi connectivity index (χ4n) is 3.36. The average Bonchev–Trinajstić information content (AvgIpc) is 3.14. The van der Waals surface area contributed by atoms with Gasteiger partial charge in [0, 0.05) is 37.9 Å². The summed E-state index contributed by atoms with van der Waals surface area (Å²) < 4.78 is 1.93. The van der Waals surface area contributed by atoms with Gasteiger partial charge in [-0.05, 0) is 25.3 Å². The van der Waals surface area contributed by atoms with E-state index in [1.807, 2.05) is 23.1 Å². The molecular formula is C17H20N6. The Hall–Kier alpha value is -2.26. The zero-order chi connectivity index (χ0) is 15.6. The van der Waals surface area contributed by atoms with E-state index in [0.717, 1.165) is 37.6 Å². The summed E-state index contributed by atoms with van der Waals surface area (Å²) in [6.07, 6.45) is 10.2. The molecule has 0 spiro atoms. The highest BCUT2D eigenvalue weighted by atomic mass is 15.3. The van der Waals surface area contributed by atoms with E-state index >= 15 is 0 Å². The Kier molecular flexibility index (Phi) is 3.80. The van der Waals surface area contributed by atoms with Crippen LogP contribution in [0, 0.1) is 11.3 Å². The molecule has 1 aliphatic carbocycles. The summed E-state index contributed by atoms with van der Waals surface area (Å²) in [4.78, 5) is 11.6. The second-order valence-corrected chi connectivity index (χ2v) is 6.53. The quantitative estimate of drug-likeness (QED) is 0.866. The number of nitrogens with zero attached hydrogens (tertiary/aromatic N) is 6. The Morgan fingerprint density at radius 1 is 1.30 bits per heavy atom. The summed E-state index contributed by atoms with van der Waals surface area (Å²) in [7, 11) is 0. The number of hydrogen-bond acceptors (Lipinski definition) is 5. The standard InChI is InChI=1S/C17H20N6/c18-8-13-9-20-23(10-13)16-5-7-22(12-16)11-15-4-6-19-17(21-15)14-2-1-3-14/h4,6,9-10,14,16H,1-3,5,7,11-12H2. The molecule has 23 heavy (non-hydrogen) atoms. The molecule has 1 saturated carbocycles. The highest BCUT2D eigenvalue weighted by molar-refractivity contribution is 5.22. The second-order valence-electron chi connectivity index (χ2n) is 6.53. The van der Waals surface area contributed by atoms with Gasteiger partial charge in [0.1, 0.15) is 11.9 Å². The highest BCUT2D eigenvalue weighted by Gasteiger charge is 2.26. The van der Waals surface area contributed by atoms with E-state index in [1.54, 1.807) is 6.20 Å². The monoisotopic (exact) mass is 308 g/mol. The molecule has 0 radical (unpaired) electrons. The van der Waals surface area contributed by atoms with Crippen molar-refractivity contribution in [2.75, 3.05) is 13.1 Å². The molecule has 118 valence electrons. The minimum absolute atomic E-state index is 0.352. The first-order valence-corrected chi connectivity index (χ1v) is 8.30. The topological polar surface area (TPSA) is 70.6 Å². The fraction of sp³-hybridized carbons (Fsp3) is 0.529. The lowest BCUT2D eigenvalue weighted by Crippen LogP contribution is -2.23. The second kappa shape index (κ2) is 6.09. The van der Waals surface area contributed by atoms with Crippen molar-refractivity contribution in [2.24, 2.45) is 0 Å². The Bertz CT molecular complexity index is 727. The predicted octanol–water partition coefficient (Wildman–Crippen LogP) is 2.26. The van der Waals surface area contributed by atoms with E-state index in [1.165, 1.54) is 19.3 Å². The number of rotatable bonds is 4. The van der Waals surface area contributed by atoms with Crippen LogP contribution in [0.5, 0.6) is 0 Å². The molecule has 2 aromatic heterocycles. The van der Waals surface area contributed by atoms with E-state index in [9.17, 15) is 0 Å². The van der Waals surface area contributed by atoms with Crippen molar-refractivity contribution in [1.29, 1.82) is 5.26 Å². The van der Waals surface area contributed by atoms with Gasteiger partial charge in [0.15, 0.2) is 0 Å². The summed E-state index contributed by atoms with van der Waals surface area (Å²) in [5, 5.41) is 13.2. The van der Waals surface area contributed by atoms with Gasteiger partial charge >= 0.3 is 0 Å². The molecule has 3 heterocycles. The third-order valence-corrected chi connectivity index (χ3v) is 4.94. The number of aromatic nitrogens is 4. The zero-order valence-electron chi connectivity index (χ0n) is 13.1. The molecule has 0 bridgehead atoms. The summed E-state index contributed by atoms with van der Waals surface area (Å²) in [5.41, 5.74) is 1.74. The van der Waals surface area contributed by atoms with Crippen LogP contribution in [0.4, 0.5) is 0 Å². The lowest BCUT2D eigenvalue weighted by Gasteiger charge is -2.24. The normalized spacial score (nSPS) is 22.0. The zero-order valence-corrected chi connectivity index (χ0v) is 13.1. The van der Waals surface area contributed by atoms with Gasteiger partial charge in [-0.25, -0.2) is 9.97 Å². The minimum atomic E-state index is 0.352. The van der Waals surface area contributed by atoms with Gasteiger partial charge < -0.3 is 0 Å². The van der Waals surface area contributed by atoms with Gasteiger partial charge in [0.05, 0.1) is 23.5 Å². The van der Waals surface area contributed by atoms with Crippen LogP contribution in [-0.2, 0) is 6.54 Å². The predicted molar refractivity (Wildman–Crippen MR) is 84.5 cm³/mol. The van der Waals surface area contributed by atoms with Gasteiger partial charge in [0.25, 0.3) is 0 Å². The molecular weight excluding hydrogens is 288 g/mol. The van der Waals surface area contributed by atoms with Crippen molar-refractivity contribution in [3.05, 3.63) is 41.7 Å². The van der Waals surface area contributed by atoms with Crippen molar-refractivity contribution < 1.29 is 0 Å². The first-order chi connectivity index (χ1) is 11.3.